The Kier molecular flexibility index (Phi) is 20.6. The molecule has 0 saturated carbocycles. The van der Waals surface area contributed by atoms with Crippen LogP contribution >= 0.6 is 0 Å². The van der Waals surface area contributed by atoms with Crippen LogP contribution in [-0.4, -0.2) is 6.92 Å². The molecule has 26 heavy (non-hydrogen) atoms. The normalized spacial score (nSPS) is 11.8. The Labute approximate surface area is 166 Å². The van der Waals surface area contributed by atoms with Gasteiger partial charge < -0.3 is 4.65 Å². The third-order valence-corrected chi connectivity index (χ3v) is 5.35. The molecule has 0 aromatic heterocycles. The molecule has 0 bridgehead atoms. The van der Waals surface area contributed by atoms with Crippen molar-refractivity contribution in [3.63, 3.8) is 0 Å². The number of allylic oxidation sites excluding steroid dienone is 2. The molecule has 2 heteroatoms. The molecule has 0 N–H and O–H groups in total. The van der Waals surface area contributed by atoms with E-state index in [9.17, 15) is 0 Å². The molecule has 0 rings (SSSR count). The number of hydrogen-bond donors (Lipinski definition) is 0. The zero-order chi connectivity index (χ0) is 19.3. The van der Waals surface area contributed by atoms with Crippen LogP contribution in [0.15, 0.2) is 11.8 Å². The van der Waals surface area contributed by atoms with Crippen LogP contribution in [0.1, 0.15) is 130 Å². The Balaban J connectivity index is 4.07. The fraction of sp³-hybridized carbons (Fsp3) is 0.917. The quantitative estimate of drug-likeness (QED) is 0.119. The molecule has 154 valence electrons. The maximum atomic E-state index is 6.35. The maximum Gasteiger partial charge on any atom is 0.357 e. The topological polar surface area (TPSA) is 9.23 Å². The first kappa shape index (κ1) is 25.6. The van der Waals surface area contributed by atoms with E-state index in [2.05, 4.69) is 33.8 Å². The summed E-state index contributed by atoms with van der Waals surface area (Å²) in [6.45, 7) is 9.49. The van der Waals surface area contributed by atoms with Crippen molar-refractivity contribution in [3.8, 4) is 0 Å². The molecular weight excluding hydrogens is 315 g/mol. The van der Waals surface area contributed by atoms with E-state index in [1.807, 2.05) is 0 Å². The van der Waals surface area contributed by atoms with Crippen molar-refractivity contribution < 1.29 is 4.65 Å². The fourth-order valence-corrected chi connectivity index (χ4v) is 3.58. The van der Waals surface area contributed by atoms with Gasteiger partial charge in [-0.3, -0.25) is 0 Å². The largest absolute Gasteiger partial charge is 0.564 e. The van der Waals surface area contributed by atoms with Crippen molar-refractivity contribution >= 4 is 6.92 Å². The van der Waals surface area contributed by atoms with Gasteiger partial charge in [-0.25, -0.2) is 0 Å². The highest BCUT2D eigenvalue weighted by atomic mass is 16.4. The van der Waals surface area contributed by atoms with Gasteiger partial charge in [-0.05, 0) is 38.5 Å². The van der Waals surface area contributed by atoms with Crippen molar-refractivity contribution in [3.05, 3.63) is 11.8 Å². The highest BCUT2D eigenvalue weighted by Gasteiger charge is 2.16. The van der Waals surface area contributed by atoms with Gasteiger partial charge in [0.1, 0.15) is 0 Å². The van der Waals surface area contributed by atoms with Crippen LogP contribution in [0, 0.1) is 0 Å². The Morgan fingerprint density at radius 2 is 1.04 bits per heavy atom. The average molecular weight is 364 g/mol. The summed E-state index contributed by atoms with van der Waals surface area (Å²) in [5, 5.41) is 0. The lowest BCUT2D eigenvalue weighted by Gasteiger charge is -2.17. The summed E-state index contributed by atoms with van der Waals surface area (Å²) in [6, 6.07) is 0. The van der Waals surface area contributed by atoms with E-state index in [0.717, 1.165) is 0 Å². The number of rotatable bonds is 20. The third-order valence-electron chi connectivity index (χ3n) is 5.35. The van der Waals surface area contributed by atoms with Gasteiger partial charge in [-0.1, -0.05) is 111 Å². The molecule has 0 aromatic carbocycles. The first-order chi connectivity index (χ1) is 12.7. The van der Waals surface area contributed by atoms with E-state index in [1.54, 1.807) is 0 Å². The molecule has 0 amide bonds. The molecule has 1 nitrogen and oxygen atoms in total. The van der Waals surface area contributed by atoms with Crippen LogP contribution in [0.2, 0.25) is 12.6 Å². The van der Waals surface area contributed by atoms with Gasteiger partial charge in [0.2, 0.25) is 0 Å². The van der Waals surface area contributed by atoms with E-state index in [1.165, 1.54) is 121 Å². The Morgan fingerprint density at radius 1 is 0.615 bits per heavy atom. The molecule has 0 unspecified atom stereocenters. The fourth-order valence-electron chi connectivity index (χ4n) is 3.58. The summed E-state index contributed by atoms with van der Waals surface area (Å²) < 4.78 is 6.35. The van der Waals surface area contributed by atoms with E-state index in [0.29, 0.717) is 6.92 Å². The number of unbranched alkanes of at least 4 members (excludes halogenated alkanes) is 13. The van der Waals surface area contributed by atoms with Crippen molar-refractivity contribution in [1.29, 1.82) is 0 Å². The minimum atomic E-state index is 0.453. The second-order valence-corrected chi connectivity index (χ2v) is 8.16. The van der Waals surface area contributed by atoms with Gasteiger partial charge in [0.25, 0.3) is 0 Å². The summed E-state index contributed by atoms with van der Waals surface area (Å²) >= 11 is 0. The second-order valence-electron chi connectivity index (χ2n) is 8.16. The molecular formula is C24H49BO. The molecule has 0 aromatic rings. The van der Waals surface area contributed by atoms with Crippen LogP contribution in [0.25, 0.3) is 0 Å². The maximum absolute atomic E-state index is 6.35. The predicted molar refractivity (Wildman–Crippen MR) is 121 cm³/mol. The van der Waals surface area contributed by atoms with Gasteiger partial charge >= 0.3 is 6.92 Å². The molecule has 0 saturated heterocycles. The first-order valence-electron chi connectivity index (χ1n) is 12.1. The SMILES string of the molecule is CCCCCCC/C=C(\C)OB(CCCCCCC)CCCCCCC. The highest BCUT2D eigenvalue weighted by molar-refractivity contribution is 6.52. The lowest BCUT2D eigenvalue weighted by atomic mass is 9.59. The van der Waals surface area contributed by atoms with Gasteiger partial charge in [-0.2, -0.15) is 0 Å². The highest BCUT2D eigenvalue weighted by Crippen LogP contribution is 2.18. The van der Waals surface area contributed by atoms with Crippen molar-refractivity contribution in [2.45, 2.75) is 143 Å². The van der Waals surface area contributed by atoms with Crippen LogP contribution in [0.3, 0.4) is 0 Å². The monoisotopic (exact) mass is 364 g/mol. The van der Waals surface area contributed by atoms with Crippen molar-refractivity contribution in [2.24, 2.45) is 0 Å². The summed E-state index contributed by atoms with van der Waals surface area (Å²) in [7, 11) is 0. The molecule has 0 aliphatic rings. The van der Waals surface area contributed by atoms with Crippen LogP contribution in [-0.2, 0) is 4.65 Å². The molecule has 0 aliphatic carbocycles. The number of hydrogen-bond acceptors (Lipinski definition) is 1. The Bertz CT molecular complexity index is 287. The minimum Gasteiger partial charge on any atom is -0.564 e. The van der Waals surface area contributed by atoms with Crippen molar-refractivity contribution in [2.75, 3.05) is 0 Å². The standard InChI is InChI=1S/C24H49BO/c1-5-8-11-14-15-18-21-24(4)26-25(22-19-16-12-9-6-2)23-20-17-13-10-7-3/h21H,5-20,22-23H2,1-4H3/b24-21+. The zero-order valence-corrected chi connectivity index (χ0v) is 18.8. The van der Waals surface area contributed by atoms with Crippen LogP contribution < -0.4 is 0 Å². The van der Waals surface area contributed by atoms with Gasteiger partial charge in [0.05, 0.1) is 5.76 Å². The van der Waals surface area contributed by atoms with Gasteiger partial charge in [0.15, 0.2) is 0 Å². The molecule has 0 atom stereocenters. The Hall–Kier alpha value is -0.395. The molecule has 0 aliphatic heterocycles. The minimum absolute atomic E-state index is 0.453. The lowest BCUT2D eigenvalue weighted by Crippen LogP contribution is -2.17. The third kappa shape index (κ3) is 18.4. The molecule has 0 fully saturated rings. The van der Waals surface area contributed by atoms with E-state index in [-0.39, 0.29) is 0 Å². The second kappa shape index (κ2) is 20.9. The smallest absolute Gasteiger partial charge is 0.357 e. The molecule has 0 heterocycles. The van der Waals surface area contributed by atoms with Gasteiger partial charge in [-0.15, -0.1) is 0 Å². The van der Waals surface area contributed by atoms with Crippen LogP contribution in [0.4, 0.5) is 0 Å². The molecule has 0 spiro atoms. The van der Waals surface area contributed by atoms with E-state index in [4.69, 9.17) is 4.65 Å². The summed E-state index contributed by atoms with van der Waals surface area (Å²) in [6.07, 6.45) is 26.5. The summed E-state index contributed by atoms with van der Waals surface area (Å²) in [5.41, 5.74) is 0. The summed E-state index contributed by atoms with van der Waals surface area (Å²) in [5.74, 6) is 1.17. The lowest BCUT2D eigenvalue weighted by molar-refractivity contribution is 0.421. The van der Waals surface area contributed by atoms with Crippen LogP contribution in [0.5, 0.6) is 0 Å². The first-order valence-corrected chi connectivity index (χ1v) is 12.1. The Morgan fingerprint density at radius 3 is 1.50 bits per heavy atom. The summed E-state index contributed by atoms with van der Waals surface area (Å²) in [4.78, 5) is 0. The van der Waals surface area contributed by atoms with E-state index < -0.39 is 0 Å². The predicted octanol–water partition coefficient (Wildman–Crippen LogP) is 9.20. The van der Waals surface area contributed by atoms with Crippen molar-refractivity contribution in [1.82, 2.24) is 0 Å². The zero-order valence-electron chi connectivity index (χ0n) is 18.8. The van der Waals surface area contributed by atoms with E-state index >= 15 is 0 Å². The van der Waals surface area contributed by atoms with Gasteiger partial charge in [0, 0.05) is 0 Å². The average Bonchev–Trinajstić information content (AvgIpc) is 2.64. The molecule has 0 radical (unpaired) electrons.